The fourth-order valence-corrected chi connectivity index (χ4v) is 4.25. The quantitative estimate of drug-likeness (QED) is 0.434. The first-order valence-electron chi connectivity index (χ1n) is 9.43. The Labute approximate surface area is 178 Å². The molecule has 0 spiro atoms. The lowest BCUT2D eigenvalue weighted by Crippen LogP contribution is -2.32. The van der Waals surface area contributed by atoms with Gasteiger partial charge < -0.3 is 4.84 Å². The normalized spacial score (nSPS) is 12.8. The first-order valence-corrected chi connectivity index (χ1v) is 10.4. The van der Waals surface area contributed by atoms with Crippen LogP contribution in [0, 0.1) is 13.8 Å². The second kappa shape index (κ2) is 8.16. The predicted octanol–water partition coefficient (Wildman–Crippen LogP) is 4.96. The fraction of sp³-hybridized carbons (Fsp3) is 0.125. The molecule has 150 valence electrons. The van der Waals surface area contributed by atoms with E-state index in [0.29, 0.717) is 10.8 Å². The Morgan fingerprint density at radius 2 is 1.60 bits per heavy atom. The molecule has 2 amide bonds. The summed E-state index contributed by atoms with van der Waals surface area (Å²) in [6.45, 7) is 4.14. The molecule has 0 aromatic heterocycles. The van der Waals surface area contributed by atoms with Crippen LogP contribution in [0.2, 0.25) is 0 Å². The van der Waals surface area contributed by atoms with Gasteiger partial charge in [-0.3, -0.25) is 9.59 Å². The van der Waals surface area contributed by atoms with Crippen molar-refractivity contribution in [3.05, 3.63) is 100 Å². The molecule has 5 nitrogen and oxygen atoms in total. The summed E-state index contributed by atoms with van der Waals surface area (Å²) in [5.74, 6) is -1.34. The number of carbonyl (C=O) groups is 3. The van der Waals surface area contributed by atoms with E-state index in [1.54, 1.807) is 42.1 Å². The lowest BCUT2D eigenvalue weighted by atomic mass is 10.1. The number of thioether (sulfide) groups is 1. The highest BCUT2D eigenvalue weighted by atomic mass is 32.2. The van der Waals surface area contributed by atoms with E-state index in [9.17, 15) is 14.4 Å². The molecule has 0 fully saturated rings. The number of benzene rings is 3. The third-order valence-electron chi connectivity index (χ3n) is 4.82. The molecule has 1 heterocycles. The SMILES string of the molecule is Cc1ccc(SCc2cccc(C(=O)ON3C(=O)c4ccccc4C3=O)c2)c(C)c1. The molecule has 1 aliphatic heterocycles. The molecule has 0 unspecified atom stereocenters. The topological polar surface area (TPSA) is 63.7 Å². The van der Waals surface area contributed by atoms with E-state index in [1.807, 2.05) is 6.07 Å². The molecule has 4 rings (SSSR count). The van der Waals surface area contributed by atoms with Crippen molar-refractivity contribution in [3.63, 3.8) is 0 Å². The van der Waals surface area contributed by atoms with Gasteiger partial charge in [0.15, 0.2) is 0 Å². The van der Waals surface area contributed by atoms with Gasteiger partial charge in [0.05, 0.1) is 16.7 Å². The number of hydrogen-bond donors (Lipinski definition) is 0. The van der Waals surface area contributed by atoms with Crippen LogP contribution in [0.5, 0.6) is 0 Å². The van der Waals surface area contributed by atoms with Crippen LogP contribution in [0.4, 0.5) is 0 Å². The Balaban J connectivity index is 1.45. The third kappa shape index (κ3) is 3.86. The van der Waals surface area contributed by atoms with Crippen LogP contribution in [0.1, 0.15) is 47.8 Å². The zero-order valence-electron chi connectivity index (χ0n) is 16.5. The first kappa shape index (κ1) is 19.9. The van der Waals surface area contributed by atoms with Crippen molar-refractivity contribution in [2.45, 2.75) is 24.5 Å². The Hall–Kier alpha value is -3.38. The number of hydroxylamine groups is 2. The smallest absolute Gasteiger partial charge is 0.324 e. The largest absolute Gasteiger partial charge is 0.363 e. The molecule has 0 saturated heterocycles. The van der Waals surface area contributed by atoms with E-state index in [1.165, 1.54) is 28.2 Å². The average molecular weight is 417 g/mol. The van der Waals surface area contributed by atoms with Crippen molar-refractivity contribution in [3.8, 4) is 0 Å². The van der Waals surface area contributed by atoms with Crippen molar-refractivity contribution in [2.24, 2.45) is 0 Å². The molecular formula is C24H19NO4S. The molecular weight excluding hydrogens is 398 g/mol. The summed E-state index contributed by atoms with van der Waals surface area (Å²) < 4.78 is 0. The van der Waals surface area contributed by atoms with Gasteiger partial charge in [-0.15, -0.1) is 11.8 Å². The van der Waals surface area contributed by atoms with Gasteiger partial charge in [0.1, 0.15) is 0 Å². The maximum atomic E-state index is 12.6. The van der Waals surface area contributed by atoms with Gasteiger partial charge in [0.2, 0.25) is 0 Å². The van der Waals surface area contributed by atoms with Crippen LogP contribution >= 0.6 is 11.8 Å². The van der Waals surface area contributed by atoms with Gasteiger partial charge in [0.25, 0.3) is 11.8 Å². The maximum Gasteiger partial charge on any atom is 0.363 e. The highest BCUT2D eigenvalue weighted by molar-refractivity contribution is 7.98. The Morgan fingerprint density at radius 3 is 2.27 bits per heavy atom. The van der Waals surface area contributed by atoms with Crippen LogP contribution in [0.15, 0.2) is 71.6 Å². The van der Waals surface area contributed by atoms with Crippen molar-refractivity contribution >= 4 is 29.5 Å². The number of fused-ring (bicyclic) bond motifs is 1. The molecule has 0 radical (unpaired) electrons. The van der Waals surface area contributed by atoms with Crippen LogP contribution in [0.25, 0.3) is 0 Å². The number of nitrogens with zero attached hydrogens (tertiary/aromatic N) is 1. The maximum absolute atomic E-state index is 12.6. The summed E-state index contributed by atoms with van der Waals surface area (Å²) in [7, 11) is 0. The molecule has 3 aromatic carbocycles. The minimum Gasteiger partial charge on any atom is -0.324 e. The van der Waals surface area contributed by atoms with E-state index in [4.69, 9.17) is 4.84 Å². The Kier molecular flexibility index (Phi) is 5.42. The second-order valence-electron chi connectivity index (χ2n) is 7.09. The van der Waals surface area contributed by atoms with Gasteiger partial charge in [0, 0.05) is 10.6 Å². The standard InChI is InChI=1S/C24H19NO4S/c1-15-10-11-21(16(2)12-15)30-14-17-6-5-7-18(13-17)24(28)29-25-22(26)19-8-3-4-9-20(19)23(25)27/h3-13H,14H2,1-2H3. The van der Waals surface area contributed by atoms with Gasteiger partial charge >= 0.3 is 5.97 Å². The minimum absolute atomic E-state index is 0.230. The van der Waals surface area contributed by atoms with Crippen molar-refractivity contribution in [1.82, 2.24) is 5.06 Å². The number of carbonyl (C=O) groups excluding carboxylic acids is 3. The number of amides is 2. The molecule has 0 bridgehead atoms. The van der Waals surface area contributed by atoms with Gasteiger partial charge in [-0.1, -0.05) is 47.0 Å². The third-order valence-corrected chi connectivity index (χ3v) is 6.07. The summed E-state index contributed by atoms with van der Waals surface area (Å²) in [5.41, 5.74) is 4.11. The summed E-state index contributed by atoms with van der Waals surface area (Å²) in [5, 5.41) is 0.532. The summed E-state index contributed by atoms with van der Waals surface area (Å²) in [4.78, 5) is 43.7. The van der Waals surface area contributed by atoms with Gasteiger partial charge in [-0.2, -0.15) is 0 Å². The van der Waals surface area contributed by atoms with Crippen LogP contribution < -0.4 is 0 Å². The Bertz CT molecular complexity index is 1140. The molecule has 1 aliphatic rings. The number of hydrogen-bond acceptors (Lipinski definition) is 5. The van der Waals surface area contributed by atoms with Crippen LogP contribution in [0.3, 0.4) is 0 Å². The highest BCUT2D eigenvalue weighted by Gasteiger charge is 2.38. The van der Waals surface area contributed by atoms with Crippen LogP contribution in [-0.2, 0) is 10.6 Å². The van der Waals surface area contributed by atoms with E-state index < -0.39 is 17.8 Å². The monoisotopic (exact) mass is 417 g/mol. The summed E-state index contributed by atoms with van der Waals surface area (Å²) in [6.07, 6.45) is 0. The number of imide groups is 1. The second-order valence-corrected chi connectivity index (χ2v) is 8.10. The number of rotatable bonds is 5. The van der Waals surface area contributed by atoms with E-state index in [2.05, 4.69) is 32.0 Å². The van der Waals surface area contributed by atoms with Crippen molar-refractivity contribution in [1.29, 1.82) is 0 Å². The fourth-order valence-electron chi connectivity index (χ4n) is 3.30. The highest BCUT2D eigenvalue weighted by Crippen LogP contribution is 2.27. The molecule has 3 aromatic rings. The molecule has 0 aliphatic carbocycles. The van der Waals surface area contributed by atoms with E-state index in [-0.39, 0.29) is 16.7 Å². The van der Waals surface area contributed by atoms with E-state index >= 15 is 0 Å². The van der Waals surface area contributed by atoms with Gasteiger partial charge in [-0.05, 0) is 55.3 Å². The summed E-state index contributed by atoms with van der Waals surface area (Å²) >= 11 is 1.68. The lowest BCUT2D eigenvalue weighted by molar-refractivity contribution is -0.0584. The summed E-state index contributed by atoms with van der Waals surface area (Å²) in [6, 6.07) is 19.7. The van der Waals surface area contributed by atoms with Crippen molar-refractivity contribution in [2.75, 3.05) is 0 Å². The van der Waals surface area contributed by atoms with Crippen molar-refractivity contribution < 1.29 is 19.2 Å². The first-order chi connectivity index (χ1) is 14.4. The molecule has 0 saturated carbocycles. The molecule has 30 heavy (non-hydrogen) atoms. The zero-order valence-corrected chi connectivity index (χ0v) is 17.4. The molecule has 0 atom stereocenters. The van der Waals surface area contributed by atoms with Crippen LogP contribution in [-0.4, -0.2) is 22.8 Å². The number of aryl methyl sites for hydroxylation is 2. The predicted molar refractivity (Wildman–Crippen MR) is 114 cm³/mol. The minimum atomic E-state index is -0.747. The zero-order chi connectivity index (χ0) is 21.3. The van der Waals surface area contributed by atoms with E-state index in [0.717, 1.165) is 5.56 Å². The average Bonchev–Trinajstić information content (AvgIpc) is 2.98. The molecule has 6 heteroatoms. The molecule has 0 N–H and O–H groups in total. The lowest BCUT2D eigenvalue weighted by Gasteiger charge is -2.13. The van der Waals surface area contributed by atoms with Gasteiger partial charge in [-0.25, -0.2) is 4.79 Å². The Morgan fingerprint density at radius 1 is 0.900 bits per heavy atom.